The molecule has 1 aromatic rings. The molecule has 1 rings (SSSR count). The summed E-state index contributed by atoms with van der Waals surface area (Å²) in [5, 5.41) is 9.94. The number of halogens is 5. The van der Waals surface area contributed by atoms with E-state index in [1.807, 2.05) is 0 Å². The van der Waals surface area contributed by atoms with Gasteiger partial charge in [0.15, 0.2) is 6.04 Å². The van der Waals surface area contributed by atoms with Crippen LogP contribution in [0.15, 0.2) is 18.2 Å². The van der Waals surface area contributed by atoms with Gasteiger partial charge in [-0.2, -0.15) is 13.2 Å². The van der Waals surface area contributed by atoms with Crippen molar-refractivity contribution in [1.82, 2.24) is 10.2 Å². The molecule has 0 radical (unpaired) electrons. The Kier molecular flexibility index (Phi) is 5.88. The van der Waals surface area contributed by atoms with E-state index in [4.69, 9.17) is 5.11 Å². The van der Waals surface area contributed by atoms with Crippen LogP contribution < -0.4 is 5.32 Å². The average molecular weight is 340 g/mol. The van der Waals surface area contributed by atoms with Gasteiger partial charge in [-0.25, -0.2) is 13.6 Å². The number of carbonyl (C=O) groups excluding carboxylic acids is 1. The standard InChI is InChI=1S/C13H13F5N2O3/c1-20(6-5-9(21)22)12(23)19-11(13(16,17)18)10-7(14)3-2-4-8(10)15/h2-4,11H,5-6H2,1H3,(H,19,23)(H,21,22). The van der Waals surface area contributed by atoms with Crippen LogP contribution in [0.4, 0.5) is 26.7 Å². The lowest BCUT2D eigenvalue weighted by Gasteiger charge is -2.26. The maximum atomic E-state index is 13.6. The second kappa shape index (κ2) is 7.25. The third-order valence-electron chi connectivity index (χ3n) is 2.89. The molecule has 0 aliphatic rings. The first kappa shape index (κ1) is 18.7. The highest BCUT2D eigenvalue weighted by molar-refractivity contribution is 5.75. The predicted molar refractivity (Wildman–Crippen MR) is 68.6 cm³/mol. The fraction of sp³-hybridized carbons (Fsp3) is 0.385. The van der Waals surface area contributed by atoms with Gasteiger partial charge in [0.1, 0.15) is 11.6 Å². The summed E-state index contributed by atoms with van der Waals surface area (Å²) in [5.74, 6) is -4.17. The summed E-state index contributed by atoms with van der Waals surface area (Å²) in [6.45, 7) is -0.370. The van der Waals surface area contributed by atoms with E-state index in [0.717, 1.165) is 13.1 Å². The molecule has 1 atom stereocenters. The molecule has 10 heteroatoms. The number of aliphatic carboxylic acids is 1. The van der Waals surface area contributed by atoms with Gasteiger partial charge >= 0.3 is 18.2 Å². The van der Waals surface area contributed by atoms with Crippen molar-refractivity contribution in [2.75, 3.05) is 13.6 Å². The number of hydrogen-bond donors (Lipinski definition) is 2. The van der Waals surface area contributed by atoms with E-state index in [1.165, 1.54) is 5.32 Å². The predicted octanol–water partition coefficient (Wildman–Crippen LogP) is 2.68. The minimum absolute atomic E-state index is 0.370. The minimum atomic E-state index is -5.15. The molecule has 2 amide bonds. The fourth-order valence-corrected chi connectivity index (χ4v) is 1.70. The maximum Gasteiger partial charge on any atom is 0.413 e. The summed E-state index contributed by atoms with van der Waals surface area (Å²) in [7, 11) is 1.06. The molecular weight excluding hydrogens is 327 g/mol. The van der Waals surface area contributed by atoms with Crippen LogP contribution in [0, 0.1) is 11.6 Å². The molecule has 23 heavy (non-hydrogen) atoms. The van der Waals surface area contributed by atoms with Gasteiger partial charge in [-0.3, -0.25) is 4.79 Å². The van der Waals surface area contributed by atoms with Crippen molar-refractivity contribution in [3.05, 3.63) is 35.4 Å². The summed E-state index contributed by atoms with van der Waals surface area (Å²) in [5.41, 5.74) is -1.33. The number of rotatable bonds is 5. The molecule has 1 unspecified atom stereocenters. The third-order valence-corrected chi connectivity index (χ3v) is 2.89. The van der Waals surface area contributed by atoms with Crippen molar-refractivity contribution in [3.8, 4) is 0 Å². The Morgan fingerprint density at radius 2 is 1.78 bits per heavy atom. The van der Waals surface area contributed by atoms with Crippen LogP contribution in [0.3, 0.4) is 0 Å². The molecule has 2 N–H and O–H groups in total. The Balaban J connectivity index is 3.01. The highest BCUT2D eigenvalue weighted by Crippen LogP contribution is 2.35. The van der Waals surface area contributed by atoms with Crippen molar-refractivity contribution < 1.29 is 36.6 Å². The van der Waals surface area contributed by atoms with Crippen molar-refractivity contribution in [2.45, 2.75) is 18.6 Å². The van der Waals surface area contributed by atoms with Gasteiger partial charge in [0.05, 0.1) is 12.0 Å². The van der Waals surface area contributed by atoms with Crippen LogP contribution in [-0.2, 0) is 4.79 Å². The van der Waals surface area contributed by atoms with Crippen LogP contribution in [0.2, 0.25) is 0 Å². The van der Waals surface area contributed by atoms with E-state index in [2.05, 4.69) is 0 Å². The normalized spacial score (nSPS) is 12.6. The molecule has 0 saturated carbocycles. The Bertz CT molecular complexity index is 571. The zero-order valence-corrected chi connectivity index (χ0v) is 11.8. The second-order valence-electron chi connectivity index (χ2n) is 4.62. The largest absolute Gasteiger partial charge is 0.481 e. The number of benzene rings is 1. The fourth-order valence-electron chi connectivity index (χ4n) is 1.70. The molecule has 0 bridgehead atoms. The summed E-state index contributed by atoms with van der Waals surface area (Å²) in [6, 6.07) is -2.04. The zero-order valence-electron chi connectivity index (χ0n) is 11.8. The number of carboxylic acids is 1. The van der Waals surface area contributed by atoms with Gasteiger partial charge in [-0.1, -0.05) is 6.07 Å². The van der Waals surface area contributed by atoms with Crippen LogP contribution in [0.25, 0.3) is 0 Å². The molecule has 0 spiro atoms. The van der Waals surface area contributed by atoms with Gasteiger partial charge in [0.2, 0.25) is 0 Å². The van der Waals surface area contributed by atoms with E-state index in [9.17, 15) is 31.5 Å². The average Bonchev–Trinajstić information content (AvgIpc) is 2.42. The molecule has 1 aromatic carbocycles. The number of carbonyl (C=O) groups is 2. The van der Waals surface area contributed by atoms with Gasteiger partial charge in [0.25, 0.3) is 0 Å². The summed E-state index contributed by atoms with van der Waals surface area (Å²) >= 11 is 0. The number of alkyl halides is 3. The molecule has 5 nitrogen and oxygen atoms in total. The lowest BCUT2D eigenvalue weighted by atomic mass is 10.1. The van der Waals surface area contributed by atoms with Crippen molar-refractivity contribution in [2.24, 2.45) is 0 Å². The van der Waals surface area contributed by atoms with Crippen LogP contribution in [-0.4, -0.2) is 41.8 Å². The van der Waals surface area contributed by atoms with Crippen molar-refractivity contribution in [3.63, 3.8) is 0 Å². The van der Waals surface area contributed by atoms with Crippen LogP contribution >= 0.6 is 0 Å². The van der Waals surface area contributed by atoms with Gasteiger partial charge in [0, 0.05) is 13.6 Å². The van der Waals surface area contributed by atoms with Gasteiger partial charge < -0.3 is 15.3 Å². The number of urea groups is 1. The molecule has 0 saturated heterocycles. The SMILES string of the molecule is CN(CCC(=O)O)C(=O)NC(c1c(F)cccc1F)C(F)(F)F. The van der Waals surface area contributed by atoms with E-state index < -0.39 is 47.8 Å². The summed E-state index contributed by atoms with van der Waals surface area (Å²) < 4.78 is 66.2. The number of amides is 2. The monoisotopic (exact) mass is 340 g/mol. The summed E-state index contributed by atoms with van der Waals surface area (Å²) in [6.07, 6.45) is -5.64. The lowest BCUT2D eigenvalue weighted by Crippen LogP contribution is -2.45. The van der Waals surface area contributed by atoms with Gasteiger partial charge in [-0.05, 0) is 12.1 Å². The van der Waals surface area contributed by atoms with Crippen LogP contribution in [0.5, 0.6) is 0 Å². The van der Waals surface area contributed by atoms with Crippen molar-refractivity contribution >= 4 is 12.0 Å². The number of nitrogens with zero attached hydrogens (tertiary/aromatic N) is 1. The zero-order chi connectivity index (χ0) is 17.8. The highest BCUT2D eigenvalue weighted by Gasteiger charge is 2.45. The second-order valence-corrected chi connectivity index (χ2v) is 4.62. The number of nitrogens with one attached hydrogen (secondary N) is 1. The molecule has 0 heterocycles. The topological polar surface area (TPSA) is 69.6 Å². The molecule has 0 aromatic heterocycles. The Morgan fingerprint density at radius 3 is 2.22 bits per heavy atom. The third kappa shape index (κ3) is 5.08. The smallest absolute Gasteiger partial charge is 0.413 e. The van der Waals surface area contributed by atoms with Gasteiger partial charge in [-0.15, -0.1) is 0 Å². The Labute approximate surface area is 127 Å². The maximum absolute atomic E-state index is 13.6. The molecular formula is C13H13F5N2O3. The van der Waals surface area contributed by atoms with E-state index in [-0.39, 0.29) is 6.54 Å². The molecule has 0 aliphatic heterocycles. The molecule has 0 fully saturated rings. The quantitative estimate of drug-likeness (QED) is 0.810. The first-order chi connectivity index (χ1) is 10.5. The van der Waals surface area contributed by atoms with E-state index in [0.29, 0.717) is 17.0 Å². The minimum Gasteiger partial charge on any atom is -0.481 e. The van der Waals surface area contributed by atoms with E-state index >= 15 is 0 Å². The first-order valence-corrected chi connectivity index (χ1v) is 6.28. The van der Waals surface area contributed by atoms with Crippen molar-refractivity contribution in [1.29, 1.82) is 0 Å². The molecule has 0 aliphatic carbocycles. The van der Waals surface area contributed by atoms with E-state index in [1.54, 1.807) is 0 Å². The van der Waals surface area contributed by atoms with Crippen LogP contribution in [0.1, 0.15) is 18.0 Å². The first-order valence-electron chi connectivity index (χ1n) is 6.28. The lowest BCUT2D eigenvalue weighted by molar-refractivity contribution is -0.156. The highest BCUT2D eigenvalue weighted by atomic mass is 19.4. The number of hydrogen-bond acceptors (Lipinski definition) is 2. The number of carboxylic acid groups (broad SMARTS) is 1. The summed E-state index contributed by atoms with van der Waals surface area (Å²) in [4.78, 5) is 22.7. The Morgan fingerprint density at radius 1 is 1.26 bits per heavy atom. The molecule has 128 valence electrons. The Hall–Kier alpha value is -2.39.